The van der Waals surface area contributed by atoms with E-state index in [4.69, 9.17) is 0 Å². The van der Waals surface area contributed by atoms with Crippen molar-refractivity contribution >= 4 is 11.8 Å². The number of amides is 2. The van der Waals surface area contributed by atoms with Crippen LogP contribution in [0, 0.1) is 0 Å². The lowest BCUT2D eigenvalue weighted by atomic mass is 10.2. The summed E-state index contributed by atoms with van der Waals surface area (Å²) in [6.07, 6.45) is 4.40. The van der Waals surface area contributed by atoms with E-state index in [0.29, 0.717) is 19.4 Å². The fraction of sp³-hybridized carbons (Fsp3) is 0.364. The Morgan fingerprint density at radius 3 is 3.12 bits per heavy atom. The molecule has 1 aliphatic rings. The van der Waals surface area contributed by atoms with Gasteiger partial charge in [0.25, 0.3) is 0 Å². The van der Waals surface area contributed by atoms with E-state index in [9.17, 15) is 9.59 Å². The molecule has 0 bridgehead atoms. The zero-order chi connectivity index (χ0) is 11.4. The van der Waals surface area contributed by atoms with Crippen molar-refractivity contribution in [3.8, 4) is 0 Å². The van der Waals surface area contributed by atoms with Crippen molar-refractivity contribution in [1.29, 1.82) is 0 Å². The van der Waals surface area contributed by atoms with Gasteiger partial charge in [-0.3, -0.25) is 14.6 Å². The highest BCUT2D eigenvalue weighted by atomic mass is 16.2. The topological polar surface area (TPSA) is 71.1 Å². The minimum absolute atomic E-state index is 0.0541. The lowest BCUT2D eigenvalue weighted by Gasteiger charge is -2.10. The molecular weight excluding hydrogens is 206 g/mol. The van der Waals surface area contributed by atoms with E-state index in [0.717, 1.165) is 5.56 Å². The van der Waals surface area contributed by atoms with Gasteiger partial charge in [-0.1, -0.05) is 6.07 Å². The fourth-order valence-corrected chi connectivity index (χ4v) is 1.63. The van der Waals surface area contributed by atoms with Crippen molar-refractivity contribution in [3.63, 3.8) is 0 Å². The molecule has 0 saturated carbocycles. The number of nitrogens with one attached hydrogen (secondary N) is 2. The summed E-state index contributed by atoms with van der Waals surface area (Å²) in [7, 11) is 0. The Labute approximate surface area is 93.3 Å². The summed E-state index contributed by atoms with van der Waals surface area (Å²) in [5, 5.41) is 5.39. The second-order valence-electron chi connectivity index (χ2n) is 3.74. The lowest BCUT2D eigenvalue weighted by molar-refractivity contribution is -0.125. The van der Waals surface area contributed by atoms with Crippen LogP contribution in [0.1, 0.15) is 18.4 Å². The van der Waals surface area contributed by atoms with Gasteiger partial charge in [-0.25, -0.2) is 0 Å². The van der Waals surface area contributed by atoms with Crippen molar-refractivity contribution in [2.24, 2.45) is 0 Å². The maximum Gasteiger partial charge on any atom is 0.242 e. The number of rotatable bonds is 3. The maximum absolute atomic E-state index is 11.6. The largest absolute Gasteiger partial charge is 0.350 e. The van der Waals surface area contributed by atoms with Crippen LogP contribution in [0.25, 0.3) is 0 Å². The fourth-order valence-electron chi connectivity index (χ4n) is 1.63. The summed E-state index contributed by atoms with van der Waals surface area (Å²) in [6, 6.07) is 3.34. The SMILES string of the molecule is O=C1CC[C@H](C(=O)NCc2cccnc2)N1. The summed E-state index contributed by atoms with van der Waals surface area (Å²) in [4.78, 5) is 26.5. The molecule has 1 fully saturated rings. The van der Waals surface area contributed by atoms with Gasteiger partial charge < -0.3 is 10.6 Å². The smallest absolute Gasteiger partial charge is 0.242 e. The van der Waals surface area contributed by atoms with Crippen LogP contribution in [0.4, 0.5) is 0 Å². The first-order valence-corrected chi connectivity index (χ1v) is 5.21. The van der Waals surface area contributed by atoms with Gasteiger partial charge in [0.05, 0.1) is 0 Å². The molecule has 0 unspecified atom stereocenters. The Morgan fingerprint density at radius 2 is 2.50 bits per heavy atom. The van der Waals surface area contributed by atoms with Crippen LogP contribution in [0.15, 0.2) is 24.5 Å². The van der Waals surface area contributed by atoms with Crippen LogP contribution in [-0.2, 0) is 16.1 Å². The third-order valence-electron chi connectivity index (χ3n) is 2.50. The van der Waals surface area contributed by atoms with Crippen molar-refractivity contribution in [1.82, 2.24) is 15.6 Å². The summed E-state index contributed by atoms with van der Waals surface area (Å²) in [5.41, 5.74) is 0.945. The Balaban J connectivity index is 1.82. The molecule has 1 saturated heterocycles. The van der Waals surface area contributed by atoms with Crippen LogP contribution in [0.2, 0.25) is 0 Å². The third kappa shape index (κ3) is 2.56. The van der Waals surface area contributed by atoms with E-state index in [1.165, 1.54) is 0 Å². The van der Waals surface area contributed by atoms with E-state index < -0.39 is 0 Å². The molecule has 2 N–H and O–H groups in total. The zero-order valence-electron chi connectivity index (χ0n) is 8.77. The van der Waals surface area contributed by atoms with E-state index in [1.54, 1.807) is 12.4 Å². The number of pyridine rings is 1. The Bertz CT molecular complexity index is 391. The van der Waals surface area contributed by atoms with Crippen LogP contribution >= 0.6 is 0 Å². The number of carbonyl (C=O) groups is 2. The van der Waals surface area contributed by atoms with Crippen LogP contribution in [0.5, 0.6) is 0 Å². The molecule has 1 aromatic heterocycles. The van der Waals surface area contributed by atoms with Gasteiger partial charge in [-0.05, 0) is 18.1 Å². The summed E-state index contributed by atoms with van der Waals surface area (Å²) in [6.45, 7) is 0.443. The molecule has 1 aliphatic heterocycles. The average Bonchev–Trinajstić information content (AvgIpc) is 2.74. The molecular formula is C11H13N3O2. The van der Waals surface area contributed by atoms with Crippen molar-refractivity contribution in [2.75, 3.05) is 0 Å². The van der Waals surface area contributed by atoms with Gasteiger partial charge in [0, 0.05) is 25.4 Å². The van der Waals surface area contributed by atoms with Gasteiger partial charge >= 0.3 is 0 Å². The second-order valence-corrected chi connectivity index (χ2v) is 3.74. The highest BCUT2D eigenvalue weighted by Crippen LogP contribution is 2.06. The zero-order valence-corrected chi connectivity index (χ0v) is 8.77. The monoisotopic (exact) mass is 219 g/mol. The predicted molar refractivity (Wildman–Crippen MR) is 57.2 cm³/mol. The minimum atomic E-state index is -0.371. The molecule has 1 aromatic rings. The number of hydrogen-bond acceptors (Lipinski definition) is 3. The van der Waals surface area contributed by atoms with Crippen LogP contribution < -0.4 is 10.6 Å². The normalized spacial score (nSPS) is 19.2. The molecule has 0 radical (unpaired) electrons. The number of nitrogens with zero attached hydrogens (tertiary/aromatic N) is 1. The van der Waals surface area contributed by atoms with Crippen molar-refractivity contribution in [3.05, 3.63) is 30.1 Å². The average molecular weight is 219 g/mol. The molecule has 0 aromatic carbocycles. The Morgan fingerprint density at radius 1 is 1.62 bits per heavy atom. The highest BCUT2D eigenvalue weighted by molar-refractivity contribution is 5.90. The number of carbonyl (C=O) groups excluding carboxylic acids is 2. The molecule has 16 heavy (non-hydrogen) atoms. The van der Waals surface area contributed by atoms with Crippen LogP contribution in [-0.4, -0.2) is 22.8 Å². The highest BCUT2D eigenvalue weighted by Gasteiger charge is 2.26. The minimum Gasteiger partial charge on any atom is -0.350 e. The van der Waals surface area contributed by atoms with Crippen LogP contribution in [0.3, 0.4) is 0 Å². The molecule has 84 valence electrons. The summed E-state index contributed by atoms with van der Waals surface area (Å²) in [5.74, 6) is -0.184. The molecule has 5 heteroatoms. The molecule has 0 aliphatic carbocycles. The van der Waals surface area contributed by atoms with Crippen molar-refractivity contribution in [2.45, 2.75) is 25.4 Å². The molecule has 2 heterocycles. The molecule has 0 spiro atoms. The maximum atomic E-state index is 11.6. The molecule has 2 amide bonds. The first-order valence-electron chi connectivity index (χ1n) is 5.21. The molecule has 1 atom stereocenters. The first kappa shape index (κ1) is 10.6. The Hall–Kier alpha value is -1.91. The van der Waals surface area contributed by atoms with Crippen molar-refractivity contribution < 1.29 is 9.59 Å². The predicted octanol–water partition coefficient (Wildman–Crippen LogP) is -0.0236. The van der Waals surface area contributed by atoms with E-state index >= 15 is 0 Å². The third-order valence-corrected chi connectivity index (χ3v) is 2.50. The van der Waals surface area contributed by atoms with E-state index in [-0.39, 0.29) is 17.9 Å². The molecule has 2 rings (SSSR count). The number of hydrogen-bond donors (Lipinski definition) is 2. The van der Waals surface area contributed by atoms with Gasteiger partial charge in [-0.2, -0.15) is 0 Å². The number of aromatic nitrogens is 1. The second kappa shape index (κ2) is 4.74. The van der Waals surface area contributed by atoms with Gasteiger partial charge in [0.1, 0.15) is 6.04 Å². The van der Waals surface area contributed by atoms with Gasteiger partial charge in [-0.15, -0.1) is 0 Å². The van der Waals surface area contributed by atoms with E-state index in [2.05, 4.69) is 15.6 Å². The standard InChI is InChI=1S/C11H13N3O2/c15-10-4-3-9(14-10)11(16)13-7-8-2-1-5-12-6-8/h1-2,5-6,9H,3-4,7H2,(H,13,16)(H,14,15)/t9-/m1/s1. The first-order chi connectivity index (χ1) is 7.75. The van der Waals surface area contributed by atoms with Gasteiger partial charge in [0.15, 0.2) is 0 Å². The summed E-state index contributed by atoms with van der Waals surface area (Å²) >= 11 is 0. The molecule has 5 nitrogen and oxygen atoms in total. The lowest BCUT2D eigenvalue weighted by Crippen LogP contribution is -2.41. The Kier molecular flexibility index (Phi) is 3.14. The quantitative estimate of drug-likeness (QED) is 0.750. The summed E-state index contributed by atoms with van der Waals surface area (Å²) < 4.78 is 0. The van der Waals surface area contributed by atoms with E-state index in [1.807, 2.05) is 12.1 Å². The van der Waals surface area contributed by atoms with Gasteiger partial charge in [0.2, 0.25) is 11.8 Å².